The molecule has 0 saturated heterocycles. The molecule has 0 aliphatic carbocycles. The number of thioether (sulfide) groups is 1. The van der Waals surface area contributed by atoms with Crippen LogP contribution in [0.2, 0.25) is 0 Å². The van der Waals surface area contributed by atoms with Crippen molar-refractivity contribution in [3.05, 3.63) is 11.9 Å². The van der Waals surface area contributed by atoms with Crippen LogP contribution in [0.15, 0.2) is 6.33 Å². The van der Waals surface area contributed by atoms with Gasteiger partial charge in [-0.25, -0.2) is 9.97 Å². The van der Waals surface area contributed by atoms with E-state index in [0.717, 1.165) is 24.9 Å². The van der Waals surface area contributed by atoms with Crippen molar-refractivity contribution in [1.82, 2.24) is 15.3 Å². The maximum absolute atomic E-state index is 5.27. The minimum Gasteiger partial charge on any atom is -0.481 e. The van der Waals surface area contributed by atoms with Crippen molar-refractivity contribution in [3.8, 4) is 11.8 Å². The first kappa shape index (κ1) is 17.0. The molecule has 0 atom stereocenters. The van der Waals surface area contributed by atoms with E-state index in [0.29, 0.717) is 18.3 Å². The van der Waals surface area contributed by atoms with E-state index in [1.54, 1.807) is 14.2 Å². The van der Waals surface area contributed by atoms with Crippen molar-refractivity contribution in [3.63, 3.8) is 0 Å². The fourth-order valence-corrected chi connectivity index (χ4v) is 2.98. The Morgan fingerprint density at radius 2 is 1.70 bits per heavy atom. The molecular weight excluding hydrogens is 274 g/mol. The number of aromatic nitrogens is 2. The zero-order valence-corrected chi connectivity index (χ0v) is 13.8. The van der Waals surface area contributed by atoms with Crippen LogP contribution < -0.4 is 14.8 Å². The van der Waals surface area contributed by atoms with Crippen molar-refractivity contribution in [2.45, 2.75) is 38.0 Å². The Labute approximate surface area is 125 Å². The van der Waals surface area contributed by atoms with E-state index >= 15 is 0 Å². The Morgan fingerprint density at radius 3 is 2.10 bits per heavy atom. The number of hydrogen-bond donors (Lipinski definition) is 1. The summed E-state index contributed by atoms with van der Waals surface area (Å²) in [7, 11) is 3.21. The quantitative estimate of drug-likeness (QED) is 0.756. The first-order valence-corrected chi connectivity index (χ1v) is 8.06. The zero-order valence-electron chi connectivity index (χ0n) is 13.0. The molecule has 1 N–H and O–H groups in total. The standard InChI is InChI=1S/C14H25N3O2S/c1-6-14(7-2,20-5)9-15-8-11-12(18-3)16-10-17-13(11)19-4/h10,15H,6-9H2,1-5H3. The van der Waals surface area contributed by atoms with Crippen LogP contribution in [0.25, 0.3) is 0 Å². The van der Waals surface area contributed by atoms with E-state index in [9.17, 15) is 0 Å². The van der Waals surface area contributed by atoms with Crippen LogP contribution in [0.3, 0.4) is 0 Å². The molecule has 1 aromatic rings. The molecule has 20 heavy (non-hydrogen) atoms. The Kier molecular flexibility index (Phi) is 7.09. The Bertz CT molecular complexity index is 381. The lowest BCUT2D eigenvalue weighted by molar-refractivity contribution is 0.357. The summed E-state index contributed by atoms with van der Waals surface area (Å²) in [6, 6.07) is 0. The van der Waals surface area contributed by atoms with Crippen LogP contribution >= 0.6 is 11.8 Å². The fraction of sp³-hybridized carbons (Fsp3) is 0.714. The average molecular weight is 299 g/mol. The predicted octanol–water partition coefficient (Wildman–Crippen LogP) is 2.51. The minimum absolute atomic E-state index is 0.274. The molecule has 0 radical (unpaired) electrons. The molecule has 5 nitrogen and oxygen atoms in total. The number of nitrogens with zero attached hydrogens (tertiary/aromatic N) is 2. The van der Waals surface area contributed by atoms with Crippen molar-refractivity contribution >= 4 is 11.8 Å². The van der Waals surface area contributed by atoms with Gasteiger partial charge in [-0.1, -0.05) is 13.8 Å². The zero-order chi connectivity index (χ0) is 15.0. The minimum atomic E-state index is 0.274. The average Bonchev–Trinajstić information content (AvgIpc) is 2.52. The van der Waals surface area contributed by atoms with Gasteiger partial charge in [0.15, 0.2) is 0 Å². The Balaban J connectivity index is 2.75. The molecule has 1 heterocycles. The molecule has 0 saturated carbocycles. The molecule has 0 aliphatic heterocycles. The van der Waals surface area contributed by atoms with Gasteiger partial charge in [0.25, 0.3) is 0 Å². The topological polar surface area (TPSA) is 56.3 Å². The highest BCUT2D eigenvalue weighted by Gasteiger charge is 2.24. The SMILES string of the molecule is CCC(CC)(CNCc1c(OC)ncnc1OC)SC. The van der Waals surface area contributed by atoms with Gasteiger partial charge in [-0.05, 0) is 19.1 Å². The van der Waals surface area contributed by atoms with Gasteiger partial charge in [-0.2, -0.15) is 11.8 Å². The largest absolute Gasteiger partial charge is 0.481 e. The Morgan fingerprint density at radius 1 is 1.15 bits per heavy atom. The smallest absolute Gasteiger partial charge is 0.224 e. The normalized spacial score (nSPS) is 11.4. The number of ether oxygens (including phenoxy) is 2. The van der Waals surface area contributed by atoms with E-state index in [1.165, 1.54) is 6.33 Å². The van der Waals surface area contributed by atoms with Crippen molar-refractivity contribution < 1.29 is 9.47 Å². The van der Waals surface area contributed by atoms with E-state index in [1.807, 2.05) is 11.8 Å². The lowest BCUT2D eigenvalue weighted by Gasteiger charge is -2.30. The lowest BCUT2D eigenvalue weighted by atomic mass is 10.0. The van der Waals surface area contributed by atoms with E-state index in [2.05, 4.69) is 35.4 Å². The summed E-state index contributed by atoms with van der Waals surface area (Å²) in [4.78, 5) is 8.25. The fourth-order valence-electron chi connectivity index (χ4n) is 2.16. The highest BCUT2D eigenvalue weighted by atomic mass is 32.2. The molecule has 0 bridgehead atoms. The molecule has 0 amide bonds. The summed E-state index contributed by atoms with van der Waals surface area (Å²) in [5, 5.41) is 3.48. The van der Waals surface area contributed by atoms with Crippen molar-refractivity contribution in [2.24, 2.45) is 0 Å². The highest BCUT2D eigenvalue weighted by molar-refractivity contribution is 8.00. The van der Waals surface area contributed by atoms with Gasteiger partial charge in [-0.15, -0.1) is 0 Å². The second-order valence-corrected chi connectivity index (χ2v) is 5.84. The van der Waals surface area contributed by atoms with Crippen LogP contribution in [0, 0.1) is 0 Å². The van der Waals surface area contributed by atoms with Crippen LogP contribution in [-0.2, 0) is 6.54 Å². The lowest BCUT2D eigenvalue weighted by Crippen LogP contribution is -2.36. The summed E-state index contributed by atoms with van der Waals surface area (Å²) in [6.45, 7) is 6.03. The second-order valence-electron chi connectivity index (χ2n) is 4.57. The van der Waals surface area contributed by atoms with Crippen molar-refractivity contribution in [2.75, 3.05) is 27.0 Å². The third kappa shape index (κ3) is 3.99. The summed E-state index contributed by atoms with van der Waals surface area (Å²) in [5.41, 5.74) is 0.861. The van der Waals surface area contributed by atoms with E-state index in [4.69, 9.17) is 9.47 Å². The predicted molar refractivity (Wildman–Crippen MR) is 83.7 cm³/mol. The summed E-state index contributed by atoms with van der Waals surface area (Å²) in [5.74, 6) is 1.12. The Hall–Kier alpha value is -1.01. The van der Waals surface area contributed by atoms with Crippen LogP contribution in [0.4, 0.5) is 0 Å². The third-order valence-corrected chi connectivity index (χ3v) is 5.31. The monoisotopic (exact) mass is 299 g/mol. The molecule has 114 valence electrons. The van der Waals surface area contributed by atoms with Crippen LogP contribution in [-0.4, -0.2) is 41.7 Å². The van der Waals surface area contributed by atoms with Gasteiger partial charge in [0.2, 0.25) is 11.8 Å². The van der Waals surface area contributed by atoms with Crippen molar-refractivity contribution in [1.29, 1.82) is 0 Å². The molecule has 1 rings (SSSR count). The number of nitrogens with one attached hydrogen (secondary N) is 1. The summed E-state index contributed by atoms with van der Waals surface area (Å²) >= 11 is 1.92. The maximum atomic E-state index is 5.27. The molecule has 0 spiro atoms. The molecular formula is C14H25N3O2S. The number of rotatable bonds is 9. The number of hydrogen-bond acceptors (Lipinski definition) is 6. The summed E-state index contributed by atoms with van der Waals surface area (Å²) < 4.78 is 10.8. The van der Waals surface area contributed by atoms with Gasteiger partial charge in [0.05, 0.1) is 19.8 Å². The van der Waals surface area contributed by atoms with Crippen LogP contribution in [0.1, 0.15) is 32.3 Å². The molecule has 0 aromatic carbocycles. The second kappa shape index (κ2) is 8.32. The number of methoxy groups -OCH3 is 2. The van der Waals surface area contributed by atoms with Gasteiger partial charge >= 0.3 is 0 Å². The van der Waals surface area contributed by atoms with Crippen LogP contribution in [0.5, 0.6) is 11.8 Å². The molecule has 0 unspecified atom stereocenters. The van der Waals surface area contributed by atoms with E-state index in [-0.39, 0.29) is 4.75 Å². The van der Waals surface area contributed by atoms with Gasteiger partial charge in [-0.3, -0.25) is 0 Å². The third-order valence-electron chi connectivity index (χ3n) is 3.72. The first-order valence-electron chi connectivity index (χ1n) is 6.84. The maximum Gasteiger partial charge on any atom is 0.224 e. The molecule has 0 aliphatic rings. The van der Waals surface area contributed by atoms with E-state index < -0.39 is 0 Å². The molecule has 6 heteroatoms. The summed E-state index contributed by atoms with van der Waals surface area (Å²) in [6.07, 6.45) is 5.89. The van der Waals surface area contributed by atoms with Gasteiger partial charge in [0, 0.05) is 17.8 Å². The highest BCUT2D eigenvalue weighted by Crippen LogP contribution is 2.30. The first-order chi connectivity index (χ1) is 9.66. The molecule has 1 aromatic heterocycles. The van der Waals surface area contributed by atoms with Gasteiger partial charge in [0.1, 0.15) is 6.33 Å². The van der Waals surface area contributed by atoms with Gasteiger partial charge < -0.3 is 14.8 Å². The molecule has 0 fully saturated rings.